The standard InChI is InChI=1S/C26H19Cl3N2O4/c1-14-3-7-19(9-15(14)2)31-25(33)20(24(32)30-26(31)34)10-16-4-8-23(22(29)11-16)35-13-17-5-6-18(27)12-21(17)28/h3-12H,13H2,1-2H3,(H,30,32,34)/b20-10+. The highest BCUT2D eigenvalue weighted by molar-refractivity contribution is 6.39. The van der Waals surface area contributed by atoms with Crippen molar-refractivity contribution in [2.24, 2.45) is 0 Å². The summed E-state index contributed by atoms with van der Waals surface area (Å²) in [5.41, 5.74) is 3.32. The molecule has 1 aliphatic rings. The lowest BCUT2D eigenvalue weighted by Gasteiger charge is -2.26. The average Bonchev–Trinajstić information content (AvgIpc) is 2.79. The first kappa shape index (κ1) is 24.8. The van der Waals surface area contributed by atoms with Crippen molar-refractivity contribution in [1.82, 2.24) is 5.32 Å². The van der Waals surface area contributed by atoms with Crippen LogP contribution in [0, 0.1) is 13.8 Å². The second-order valence-corrected chi connectivity index (χ2v) is 9.19. The fourth-order valence-corrected chi connectivity index (χ4v) is 4.15. The maximum atomic E-state index is 13.1. The number of ether oxygens (including phenoxy) is 1. The Morgan fingerprint density at radius 2 is 1.66 bits per heavy atom. The predicted octanol–water partition coefficient (Wildman–Crippen LogP) is 6.51. The van der Waals surface area contributed by atoms with Crippen molar-refractivity contribution in [2.45, 2.75) is 20.5 Å². The Labute approximate surface area is 217 Å². The monoisotopic (exact) mass is 528 g/mol. The molecular formula is C26H19Cl3N2O4. The van der Waals surface area contributed by atoms with Gasteiger partial charge in [0.15, 0.2) is 0 Å². The molecule has 3 aromatic rings. The molecule has 0 radical (unpaired) electrons. The van der Waals surface area contributed by atoms with E-state index in [1.54, 1.807) is 54.6 Å². The molecule has 9 heteroatoms. The molecule has 0 aromatic heterocycles. The van der Waals surface area contributed by atoms with E-state index in [2.05, 4.69) is 5.32 Å². The minimum atomic E-state index is -0.803. The van der Waals surface area contributed by atoms with Crippen LogP contribution in [0.4, 0.5) is 10.5 Å². The summed E-state index contributed by atoms with van der Waals surface area (Å²) in [5.74, 6) is -1.11. The number of nitrogens with one attached hydrogen (secondary N) is 1. The molecule has 1 heterocycles. The normalized spacial score (nSPS) is 14.9. The number of barbiturate groups is 1. The van der Waals surface area contributed by atoms with Gasteiger partial charge in [-0.05, 0) is 73.0 Å². The number of anilines is 1. The molecule has 0 unspecified atom stereocenters. The van der Waals surface area contributed by atoms with Gasteiger partial charge in [0, 0.05) is 15.6 Å². The van der Waals surface area contributed by atoms with E-state index >= 15 is 0 Å². The van der Waals surface area contributed by atoms with E-state index in [9.17, 15) is 14.4 Å². The van der Waals surface area contributed by atoms with Crippen LogP contribution in [0.5, 0.6) is 5.75 Å². The molecule has 0 aliphatic carbocycles. The number of urea groups is 1. The summed E-state index contributed by atoms with van der Waals surface area (Å²) >= 11 is 18.5. The smallest absolute Gasteiger partial charge is 0.335 e. The molecular weight excluding hydrogens is 511 g/mol. The van der Waals surface area contributed by atoms with Gasteiger partial charge in [-0.25, -0.2) is 9.69 Å². The van der Waals surface area contributed by atoms with Crippen molar-refractivity contribution >= 4 is 64.4 Å². The van der Waals surface area contributed by atoms with Gasteiger partial charge in [0.1, 0.15) is 17.9 Å². The van der Waals surface area contributed by atoms with E-state index in [1.807, 2.05) is 13.8 Å². The summed E-state index contributed by atoms with van der Waals surface area (Å²) < 4.78 is 5.76. The van der Waals surface area contributed by atoms with Gasteiger partial charge in [0.25, 0.3) is 11.8 Å². The molecule has 178 valence electrons. The number of benzene rings is 3. The van der Waals surface area contributed by atoms with Crippen molar-refractivity contribution < 1.29 is 19.1 Å². The van der Waals surface area contributed by atoms with Crippen molar-refractivity contribution in [3.63, 3.8) is 0 Å². The van der Waals surface area contributed by atoms with Crippen LogP contribution in [0.25, 0.3) is 6.08 Å². The van der Waals surface area contributed by atoms with Crippen molar-refractivity contribution in [1.29, 1.82) is 0 Å². The van der Waals surface area contributed by atoms with Crippen LogP contribution in [0.15, 0.2) is 60.2 Å². The number of halogens is 3. The van der Waals surface area contributed by atoms with E-state index in [-0.39, 0.29) is 17.2 Å². The van der Waals surface area contributed by atoms with Crippen molar-refractivity contribution in [3.8, 4) is 5.75 Å². The van der Waals surface area contributed by atoms with Crippen LogP contribution < -0.4 is 15.0 Å². The number of carbonyl (C=O) groups excluding carboxylic acids is 3. The van der Waals surface area contributed by atoms with E-state index in [0.717, 1.165) is 21.6 Å². The van der Waals surface area contributed by atoms with Gasteiger partial charge in [0.2, 0.25) is 0 Å². The summed E-state index contributed by atoms with van der Waals surface area (Å²) in [5, 5.41) is 3.48. The molecule has 3 aromatic carbocycles. The maximum absolute atomic E-state index is 13.1. The maximum Gasteiger partial charge on any atom is 0.335 e. The molecule has 35 heavy (non-hydrogen) atoms. The molecule has 1 N–H and O–H groups in total. The number of amides is 4. The Morgan fingerprint density at radius 1 is 0.886 bits per heavy atom. The Bertz CT molecular complexity index is 1400. The quantitative estimate of drug-likeness (QED) is 0.302. The summed E-state index contributed by atoms with van der Waals surface area (Å²) in [7, 11) is 0. The largest absolute Gasteiger partial charge is 0.487 e. The Kier molecular flexibility index (Phi) is 7.17. The van der Waals surface area contributed by atoms with Crippen LogP contribution in [0.1, 0.15) is 22.3 Å². The van der Waals surface area contributed by atoms with Crippen LogP contribution >= 0.6 is 34.8 Å². The molecule has 0 saturated carbocycles. The highest BCUT2D eigenvalue weighted by Gasteiger charge is 2.36. The van der Waals surface area contributed by atoms with E-state index in [1.165, 1.54) is 6.08 Å². The molecule has 4 amide bonds. The highest BCUT2D eigenvalue weighted by Crippen LogP contribution is 2.30. The molecule has 0 bridgehead atoms. The number of carbonyl (C=O) groups is 3. The number of hydrogen-bond acceptors (Lipinski definition) is 4. The highest BCUT2D eigenvalue weighted by atomic mass is 35.5. The second kappa shape index (κ2) is 10.1. The lowest BCUT2D eigenvalue weighted by atomic mass is 10.0. The number of imide groups is 2. The Hall–Kier alpha value is -3.32. The first-order valence-electron chi connectivity index (χ1n) is 10.5. The number of hydrogen-bond donors (Lipinski definition) is 1. The first-order chi connectivity index (χ1) is 16.6. The van der Waals surface area contributed by atoms with E-state index in [0.29, 0.717) is 27.0 Å². The minimum Gasteiger partial charge on any atom is -0.487 e. The van der Waals surface area contributed by atoms with Gasteiger partial charge in [-0.2, -0.15) is 0 Å². The number of nitrogens with zero attached hydrogens (tertiary/aromatic N) is 1. The van der Waals surface area contributed by atoms with Gasteiger partial charge in [-0.3, -0.25) is 14.9 Å². The zero-order chi connectivity index (χ0) is 25.3. The summed E-state index contributed by atoms with van der Waals surface area (Å²) in [4.78, 5) is 38.9. The van der Waals surface area contributed by atoms with E-state index in [4.69, 9.17) is 39.5 Å². The average molecular weight is 530 g/mol. The lowest BCUT2D eigenvalue weighted by Crippen LogP contribution is -2.54. The third-order valence-corrected chi connectivity index (χ3v) is 6.40. The van der Waals surface area contributed by atoms with Gasteiger partial charge < -0.3 is 4.74 Å². The third-order valence-electron chi connectivity index (χ3n) is 5.52. The van der Waals surface area contributed by atoms with Crippen molar-refractivity contribution in [2.75, 3.05) is 4.90 Å². The van der Waals surface area contributed by atoms with Gasteiger partial charge in [-0.15, -0.1) is 0 Å². The van der Waals surface area contributed by atoms with Gasteiger partial charge in [0.05, 0.1) is 10.7 Å². The molecule has 1 saturated heterocycles. The number of aryl methyl sites for hydroxylation is 2. The second-order valence-electron chi connectivity index (χ2n) is 7.94. The zero-order valence-corrected chi connectivity index (χ0v) is 21.0. The Balaban J connectivity index is 1.57. The molecule has 1 fully saturated rings. The van der Waals surface area contributed by atoms with Crippen molar-refractivity contribution in [3.05, 3.63) is 97.5 Å². The summed E-state index contributed by atoms with van der Waals surface area (Å²) in [6.45, 7) is 3.97. The third kappa shape index (κ3) is 5.35. The minimum absolute atomic E-state index is 0.171. The van der Waals surface area contributed by atoms with Crippen LogP contribution in [0.2, 0.25) is 15.1 Å². The molecule has 0 atom stereocenters. The Morgan fingerprint density at radius 3 is 2.34 bits per heavy atom. The number of rotatable bonds is 5. The predicted molar refractivity (Wildman–Crippen MR) is 137 cm³/mol. The van der Waals surface area contributed by atoms with Crippen LogP contribution in [-0.2, 0) is 16.2 Å². The SMILES string of the molecule is Cc1ccc(N2C(=O)NC(=O)/C(=C\c3ccc(OCc4ccc(Cl)cc4Cl)c(Cl)c3)C2=O)cc1C. The van der Waals surface area contributed by atoms with Crippen LogP contribution in [0.3, 0.4) is 0 Å². The first-order valence-corrected chi connectivity index (χ1v) is 11.6. The molecule has 0 spiro atoms. The van der Waals surface area contributed by atoms with Gasteiger partial charge in [-0.1, -0.05) is 53.0 Å². The fraction of sp³-hybridized carbons (Fsp3) is 0.115. The molecule has 4 rings (SSSR count). The van der Waals surface area contributed by atoms with E-state index < -0.39 is 17.8 Å². The molecule has 1 aliphatic heterocycles. The van der Waals surface area contributed by atoms with Gasteiger partial charge >= 0.3 is 6.03 Å². The topological polar surface area (TPSA) is 75.7 Å². The zero-order valence-electron chi connectivity index (χ0n) is 18.7. The summed E-state index contributed by atoms with van der Waals surface area (Å²) in [6, 6.07) is 14.3. The lowest BCUT2D eigenvalue weighted by molar-refractivity contribution is -0.122. The fourth-order valence-electron chi connectivity index (χ4n) is 3.44. The summed E-state index contributed by atoms with van der Waals surface area (Å²) in [6.07, 6.45) is 1.38. The van der Waals surface area contributed by atoms with Crippen LogP contribution in [-0.4, -0.2) is 17.8 Å². The molecule has 6 nitrogen and oxygen atoms in total.